The third-order valence-corrected chi connectivity index (χ3v) is 4.80. The first-order valence-corrected chi connectivity index (χ1v) is 14.4. The Balaban J connectivity index is 1.99. The second-order valence-corrected chi connectivity index (χ2v) is 16.7. The lowest BCUT2D eigenvalue weighted by Gasteiger charge is -2.16. The number of hydrogen-bond acceptors (Lipinski definition) is 2. The molecule has 0 aromatic carbocycles. The molecule has 1 heterocycles. The van der Waals surface area contributed by atoms with Crippen LogP contribution in [0, 0.1) is 11.5 Å². The molecule has 19 heavy (non-hydrogen) atoms. The fourth-order valence-corrected chi connectivity index (χ4v) is 3.11. The van der Waals surface area contributed by atoms with Crippen LogP contribution in [0.2, 0.25) is 39.3 Å². The van der Waals surface area contributed by atoms with Gasteiger partial charge in [-0.2, -0.15) is 0 Å². The lowest BCUT2D eigenvalue weighted by Crippen LogP contribution is -2.25. The number of rotatable bonds is 7. The van der Waals surface area contributed by atoms with E-state index in [1.807, 2.05) is 0 Å². The molecule has 1 rings (SSSR count). The van der Waals surface area contributed by atoms with E-state index in [-0.39, 0.29) is 6.10 Å². The van der Waals surface area contributed by atoms with Gasteiger partial charge in [0, 0.05) is 6.61 Å². The zero-order valence-corrected chi connectivity index (χ0v) is 15.5. The smallest absolute Gasteiger partial charge is 0.183 e. The van der Waals surface area contributed by atoms with E-state index in [2.05, 4.69) is 50.7 Å². The predicted molar refractivity (Wildman–Crippen MR) is 87.5 cm³/mol. The van der Waals surface area contributed by atoms with E-state index >= 15 is 0 Å². The second-order valence-electron chi connectivity index (χ2n) is 7.42. The van der Waals surface area contributed by atoms with Crippen LogP contribution in [0.25, 0.3) is 0 Å². The molecule has 1 fully saturated rings. The second kappa shape index (κ2) is 7.07. The van der Waals surface area contributed by atoms with Gasteiger partial charge in [0.1, 0.15) is 14.2 Å². The molecule has 0 radical (unpaired) electrons. The molecule has 2 nitrogen and oxygen atoms in total. The van der Waals surface area contributed by atoms with E-state index in [1.54, 1.807) is 0 Å². The molecule has 2 unspecified atom stereocenters. The number of hydrogen-bond donors (Lipinski definition) is 0. The van der Waals surface area contributed by atoms with Crippen molar-refractivity contribution < 1.29 is 9.16 Å². The van der Waals surface area contributed by atoms with E-state index in [0.29, 0.717) is 6.10 Å². The van der Waals surface area contributed by atoms with Gasteiger partial charge < -0.3 is 9.16 Å². The van der Waals surface area contributed by atoms with Crippen LogP contribution in [0.15, 0.2) is 0 Å². The summed E-state index contributed by atoms with van der Waals surface area (Å²) in [7, 11) is -2.54. The van der Waals surface area contributed by atoms with Gasteiger partial charge in [0.25, 0.3) is 0 Å². The molecule has 1 aliphatic rings. The minimum absolute atomic E-state index is 0.241. The van der Waals surface area contributed by atoms with Crippen molar-refractivity contribution in [3.63, 3.8) is 0 Å². The fraction of sp³-hybridized carbons (Fsp3) is 0.867. The average molecular weight is 299 g/mol. The van der Waals surface area contributed by atoms with E-state index < -0.39 is 16.4 Å². The van der Waals surface area contributed by atoms with Crippen molar-refractivity contribution in [2.24, 2.45) is 0 Å². The van der Waals surface area contributed by atoms with Gasteiger partial charge in [-0.3, -0.25) is 0 Å². The third kappa shape index (κ3) is 9.45. The van der Waals surface area contributed by atoms with Gasteiger partial charge in [-0.25, -0.2) is 0 Å². The molecular formula is C15H30O2Si2. The Hall–Kier alpha value is -0.0862. The Morgan fingerprint density at radius 2 is 1.68 bits per heavy atom. The minimum Gasteiger partial charge on any atom is -0.418 e. The number of epoxide rings is 1. The van der Waals surface area contributed by atoms with Gasteiger partial charge in [-0.05, 0) is 32.5 Å². The molecule has 2 atom stereocenters. The van der Waals surface area contributed by atoms with E-state index in [4.69, 9.17) is 9.16 Å². The van der Waals surface area contributed by atoms with Crippen molar-refractivity contribution in [3.8, 4) is 11.5 Å². The van der Waals surface area contributed by atoms with Crippen molar-refractivity contribution in [1.82, 2.24) is 0 Å². The van der Waals surface area contributed by atoms with Gasteiger partial charge in [0.2, 0.25) is 0 Å². The zero-order valence-electron chi connectivity index (χ0n) is 13.5. The summed E-state index contributed by atoms with van der Waals surface area (Å²) in [5.74, 6) is 3.29. The van der Waals surface area contributed by atoms with Crippen LogP contribution in [0.3, 0.4) is 0 Å². The van der Waals surface area contributed by atoms with E-state index in [9.17, 15) is 0 Å². The molecule has 110 valence electrons. The van der Waals surface area contributed by atoms with Crippen molar-refractivity contribution in [1.29, 1.82) is 0 Å². The third-order valence-electron chi connectivity index (χ3n) is 2.84. The topological polar surface area (TPSA) is 21.8 Å². The largest absolute Gasteiger partial charge is 0.418 e. The summed E-state index contributed by atoms with van der Waals surface area (Å²) in [6.45, 7) is 14.5. The van der Waals surface area contributed by atoms with Crippen LogP contribution >= 0.6 is 0 Å². The summed E-state index contributed by atoms with van der Waals surface area (Å²) in [6.07, 6.45) is 5.50. The van der Waals surface area contributed by atoms with Crippen LogP contribution in [0.4, 0.5) is 0 Å². The maximum Gasteiger partial charge on any atom is 0.183 e. The summed E-state index contributed by atoms with van der Waals surface area (Å²) < 4.78 is 11.4. The molecule has 0 amide bonds. The molecule has 0 bridgehead atoms. The Labute approximate surface area is 121 Å². The first-order valence-electron chi connectivity index (χ1n) is 7.49. The standard InChI is InChI=1S/C15H30O2Si2/c1-18(2,3)13-11-15-14(17-15)10-8-7-9-12-16-19(4,5)6/h14-15H,7-10,12H2,1-6H3. The summed E-state index contributed by atoms with van der Waals surface area (Å²) in [5.41, 5.74) is 3.39. The molecule has 0 saturated carbocycles. The minimum atomic E-state index is -1.31. The predicted octanol–water partition coefficient (Wildman–Crippen LogP) is 4.05. The SMILES string of the molecule is C[Si](C)(C)C#CC1OC1CCCCCO[Si](C)(C)C. The highest BCUT2D eigenvalue weighted by Gasteiger charge is 2.36. The van der Waals surface area contributed by atoms with E-state index in [1.165, 1.54) is 19.3 Å². The summed E-state index contributed by atoms with van der Waals surface area (Å²) in [6, 6.07) is 0. The highest BCUT2D eigenvalue weighted by Crippen LogP contribution is 2.26. The Bertz CT molecular complexity index is 331. The van der Waals surface area contributed by atoms with Crippen LogP contribution in [0.5, 0.6) is 0 Å². The molecule has 0 spiro atoms. The zero-order chi connectivity index (χ0) is 14.5. The Kier molecular flexibility index (Phi) is 6.32. The molecule has 4 heteroatoms. The first kappa shape index (κ1) is 17.0. The van der Waals surface area contributed by atoms with Crippen molar-refractivity contribution in [2.75, 3.05) is 6.61 Å². The van der Waals surface area contributed by atoms with Crippen LogP contribution in [-0.4, -0.2) is 35.2 Å². The summed E-state index contributed by atoms with van der Waals surface area (Å²) in [5, 5.41) is 0. The van der Waals surface area contributed by atoms with Gasteiger partial charge >= 0.3 is 0 Å². The summed E-state index contributed by atoms with van der Waals surface area (Å²) >= 11 is 0. The highest BCUT2D eigenvalue weighted by atomic mass is 28.4. The quantitative estimate of drug-likeness (QED) is 0.306. The molecule has 1 saturated heterocycles. The lowest BCUT2D eigenvalue weighted by molar-refractivity contribution is 0.296. The molecule has 0 N–H and O–H groups in total. The number of unbranched alkanes of at least 4 members (excludes halogenated alkanes) is 2. The van der Waals surface area contributed by atoms with Gasteiger partial charge in [0.15, 0.2) is 8.32 Å². The van der Waals surface area contributed by atoms with Gasteiger partial charge in [-0.1, -0.05) is 38.4 Å². The average Bonchev–Trinajstić information content (AvgIpc) is 2.96. The fourth-order valence-electron chi connectivity index (χ4n) is 1.78. The first-order chi connectivity index (χ1) is 8.67. The van der Waals surface area contributed by atoms with Crippen molar-refractivity contribution in [3.05, 3.63) is 0 Å². The van der Waals surface area contributed by atoms with Crippen LogP contribution in [-0.2, 0) is 9.16 Å². The molecule has 0 aromatic heterocycles. The van der Waals surface area contributed by atoms with Crippen LogP contribution < -0.4 is 0 Å². The molecular weight excluding hydrogens is 268 g/mol. The Morgan fingerprint density at radius 1 is 1.00 bits per heavy atom. The highest BCUT2D eigenvalue weighted by molar-refractivity contribution is 6.83. The molecule has 1 aliphatic heterocycles. The molecule has 0 aromatic rings. The number of ether oxygens (including phenoxy) is 1. The lowest BCUT2D eigenvalue weighted by atomic mass is 10.1. The maximum absolute atomic E-state index is 5.84. The van der Waals surface area contributed by atoms with Crippen molar-refractivity contribution in [2.45, 2.75) is 77.2 Å². The maximum atomic E-state index is 5.84. The summed E-state index contributed by atoms with van der Waals surface area (Å²) in [4.78, 5) is 0. The monoisotopic (exact) mass is 298 g/mol. The van der Waals surface area contributed by atoms with Crippen molar-refractivity contribution >= 4 is 16.4 Å². The van der Waals surface area contributed by atoms with Gasteiger partial charge in [-0.15, -0.1) is 5.54 Å². The van der Waals surface area contributed by atoms with Crippen LogP contribution in [0.1, 0.15) is 25.7 Å². The normalized spacial score (nSPS) is 22.8. The van der Waals surface area contributed by atoms with E-state index in [0.717, 1.165) is 13.0 Å². The van der Waals surface area contributed by atoms with Gasteiger partial charge in [0.05, 0.1) is 6.10 Å². The Morgan fingerprint density at radius 3 is 2.26 bits per heavy atom. The molecule has 0 aliphatic carbocycles.